The van der Waals surface area contributed by atoms with Crippen LogP contribution in [0.2, 0.25) is 0 Å². The lowest BCUT2D eigenvalue weighted by Gasteiger charge is -2.51. The molecule has 6 aliphatic rings. The second-order valence-electron chi connectivity index (χ2n) is 10.7. The summed E-state index contributed by atoms with van der Waals surface area (Å²) in [4.78, 5) is 0. The molecule has 6 rings (SSSR count). The topological polar surface area (TPSA) is 40.5 Å². The van der Waals surface area contributed by atoms with E-state index in [0.29, 0.717) is 11.8 Å². The van der Waals surface area contributed by atoms with Gasteiger partial charge < -0.3 is 19.2 Å². The maximum Gasteiger partial charge on any atom is 0.106 e. The van der Waals surface area contributed by atoms with Crippen molar-refractivity contribution in [1.29, 1.82) is 0 Å². The molecule has 4 heteroatoms. The molecule has 0 amide bonds. The van der Waals surface area contributed by atoms with E-state index in [-0.39, 0.29) is 12.2 Å². The SMILES string of the molecule is O[C@H]1C[N+]2(CCCCCCCCC[N+]34CCC(CC3)[C@@H](O)C4)CCC1CC2. The molecule has 6 heterocycles. The second kappa shape index (κ2) is 8.69. The summed E-state index contributed by atoms with van der Waals surface area (Å²) in [6, 6.07) is 0. The third-order valence-electron chi connectivity index (χ3n) is 8.90. The zero-order chi connectivity index (χ0) is 18.7. The first-order valence-electron chi connectivity index (χ1n) is 12.2. The molecule has 6 fully saturated rings. The quantitative estimate of drug-likeness (QED) is 0.452. The summed E-state index contributed by atoms with van der Waals surface area (Å²) < 4.78 is 2.45. The number of aliphatic hydroxyl groups excluding tert-OH is 2. The highest BCUT2D eigenvalue weighted by Crippen LogP contribution is 2.35. The molecule has 4 bridgehead atoms. The molecule has 0 radical (unpaired) electrons. The van der Waals surface area contributed by atoms with Gasteiger partial charge in [0.15, 0.2) is 0 Å². The van der Waals surface area contributed by atoms with Crippen LogP contribution in [0, 0.1) is 11.8 Å². The average molecular weight is 381 g/mol. The normalized spacial score (nSPS) is 43.3. The van der Waals surface area contributed by atoms with Gasteiger partial charge in [-0.3, -0.25) is 0 Å². The van der Waals surface area contributed by atoms with E-state index in [2.05, 4.69) is 0 Å². The van der Waals surface area contributed by atoms with Crippen LogP contribution in [-0.2, 0) is 0 Å². The first kappa shape index (κ1) is 20.1. The molecule has 2 atom stereocenters. The van der Waals surface area contributed by atoms with E-state index in [1.165, 1.54) is 119 Å². The molecule has 0 unspecified atom stereocenters. The van der Waals surface area contributed by atoms with Crippen molar-refractivity contribution in [2.24, 2.45) is 11.8 Å². The van der Waals surface area contributed by atoms with Crippen molar-refractivity contribution in [3.05, 3.63) is 0 Å². The van der Waals surface area contributed by atoms with Crippen LogP contribution in [0.5, 0.6) is 0 Å². The molecular weight excluding hydrogens is 336 g/mol. The number of unbranched alkanes of at least 4 members (excludes halogenated alkanes) is 6. The van der Waals surface area contributed by atoms with Gasteiger partial charge in [0.2, 0.25) is 0 Å². The van der Waals surface area contributed by atoms with Crippen molar-refractivity contribution in [3.8, 4) is 0 Å². The number of rotatable bonds is 10. The molecule has 2 N–H and O–H groups in total. The van der Waals surface area contributed by atoms with Crippen LogP contribution in [-0.4, -0.2) is 83.7 Å². The van der Waals surface area contributed by atoms with E-state index in [9.17, 15) is 10.2 Å². The van der Waals surface area contributed by atoms with E-state index >= 15 is 0 Å². The van der Waals surface area contributed by atoms with Crippen molar-refractivity contribution < 1.29 is 19.2 Å². The highest BCUT2D eigenvalue weighted by Gasteiger charge is 2.45. The minimum Gasteiger partial charge on any atom is -0.387 e. The Morgan fingerprint density at radius 2 is 0.852 bits per heavy atom. The van der Waals surface area contributed by atoms with Gasteiger partial charge >= 0.3 is 0 Å². The Bertz CT molecular complexity index is 425. The molecular formula is C23H44N2O2+2. The van der Waals surface area contributed by atoms with Crippen molar-refractivity contribution in [3.63, 3.8) is 0 Å². The Balaban J connectivity index is 1.02. The Hall–Kier alpha value is -0.160. The average Bonchev–Trinajstić information content (AvgIpc) is 2.68. The molecule has 6 saturated heterocycles. The number of quaternary nitrogens is 2. The summed E-state index contributed by atoms with van der Waals surface area (Å²) in [5.74, 6) is 1.24. The summed E-state index contributed by atoms with van der Waals surface area (Å²) >= 11 is 0. The van der Waals surface area contributed by atoms with Crippen LogP contribution < -0.4 is 0 Å². The van der Waals surface area contributed by atoms with Gasteiger partial charge in [0.25, 0.3) is 0 Å². The first-order valence-corrected chi connectivity index (χ1v) is 12.2. The molecule has 27 heavy (non-hydrogen) atoms. The predicted molar refractivity (Wildman–Crippen MR) is 109 cm³/mol. The number of aliphatic hydroxyl groups is 2. The molecule has 0 aromatic rings. The zero-order valence-corrected chi connectivity index (χ0v) is 17.5. The van der Waals surface area contributed by atoms with Crippen LogP contribution in [0.1, 0.15) is 70.6 Å². The fourth-order valence-corrected chi connectivity index (χ4v) is 6.91. The van der Waals surface area contributed by atoms with Gasteiger partial charge in [0.05, 0.1) is 39.3 Å². The Morgan fingerprint density at radius 3 is 1.19 bits per heavy atom. The summed E-state index contributed by atoms with van der Waals surface area (Å²) in [7, 11) is 0. The molecule has 0 saturated carbocycles. The minimum atomic E-state index is -0.00861. The van der Waals surface area contributed by atoms with Gasteiger partial charge in [-0.15, -0.1) is 0 Å². The van der Waals surface area contributed by atoms with Gasteiger partial charge in [-0.05, 0) is 25.7 Å². The molecule has 156 valence electrons. The standard InChI is InChI=1S/C23H44N2O2/c26-22-18-24(14-8-20(22)9-15-24)12-6-4-2-1-3-5-7-13-25-16-10-21(11-17-25)23(27)19-25/h20-23,26-27H,1-19H2/q+2/t20?,21?,22-,23-,24?,25?/m0/s1. The molecule has 0 aliphatic carbocycles. The van der Waals surface area contributed by atoms with Gasteiger partial charge in [-0.1, -0.05) is 19.3 Å². The van der Waals surface area contributed by atoms with Crippen LogP contribution in [0.15, 0.2) is 0 Å². The first-order chi connectivity index (χ1) is 13.1. The molecule has 0 aromatic carbocycles. The summed E-state index contributed by atoms with van der Waals surface area (Å²) in [6.07, 6.45) is 14.7. The van der Waals surface area contributed by atoms with E-state index < -0.39 is 0 Å². The van der Waals surface area contributed by atoms with Crippen molar-refractivity contribution >= 4 is 0 Å². The predicted octanol–water partition coefficient (Wildman–Crippen LogP) is 2.92. The Kier molecular flexibility index (Phi) is 6.48. The second-order valence-corrected chi connectivity index (χ2v) is 10.7. The molecule has 4 nitrogen and oxygen atoms in total. The minimum absolute atomic E-state index is 0.00861. The van der Waals surface area contributed by atoms with Gasteiger partial charge in [-0.25, -0.2) is 0 Å². The molecule has 6 aliphatic heterocycles. The lowest BCUT2D eigenvalue weighted by molar-refractivity contribution is -0.946. The number of hydrogen-bond donors (Lipinski definition) is 2. The lowest BCUT2D eigenvalue weighted by Crippen LogP contribution is -2.63. The fourth-order valence-electron chi connectivity index (χ4n) is 6.91. The summed E-state index contributed by atoms with van der Waals surface area (Å²) in [5, 5.41) is 20.4. The Labute approximate surface area is 166 Å². The van der Waals surface area contributed by atoms with E-state index in [1.807, 2.05) is 0 Å². The maximum absolute atomic E-state index is 10.2. The Morgan fingerprint density at radius 1 is 0.519 bits per heavy atom. The van der Waals surface area contributed by atoms with Crippen molar-refractivity contribution in [1.82, 2.24) is 0 Å². The largest absolute Gasteiger partial charge is 0.387 e. The number of piperidine rings is 6. The summed E-state index contributed by atoms with van der Waals surface area (Å²) in [5.41, 5.74) is 0. The maximum atomic E-state index is 10.2. The monoisotopic (exact) mass is 380 g/mol. The van der Waals surface area contributed by atoms with Gasteiger partial charge in [0, 0.05) is 37.5 Å². The van der Waals surface area contributed by atoms with Crippen LogP contribution >= 0.6 is 0 Å². The van der Waals surface area contributed by atoms with E-state index in [4.69, 9.17) is 0 Å². The van der Waals surface area contributed by atoms with Crippen LogP contribution in [0.25, 0.3) is 0 Å². The number of fused-ring (bicyclic) bond motifs is 6. The van der Waals surface area contributed by atoms with Crippen LogP contribution in [0.4, 0.5) is 0 Å². The van der Waals surface area contributed by atoms with E-state index in [0.717, 1.165) is 13.1 Å². The zero-order valence-electron chi connectivity index (χ0n) is 17.5. The number of hydrogen-bond acceptors (Lipinski definition) is 2. The van der Waals surface area contributed by atoms with Crippen LogP contribution in [0.3, 0.4) is 0 Å². The highest BCUT2D eigenvalue weighted by atomic mass is 16.3. The third kappa shape index (κ3) is 4.71. The fraction of sp³-hybridized carbons (Fsp3) is 1.00. The molecule has 0 aromatic heterocycles. The number of nitrogens with zero attached hydrogens (tertiary/aromatic N) is 2. The highest BCUT2D eigenvalue weighted by molar-refractivity contribution is 4.80. The van der Waals surface area contributed by atoms with Crippen molar-refractivity contribution in [2.75, 3.05) is 52.4 Å². The van der Waals surface area contributed by atoms with Gasteiger partial charge in [-0.2, -0.15) is 0 Å². The van der Waals surface area contributed by atoms with Crippen molar-refractivity contribution in [2.45, 2.75) is 82.8 Å². The molecule has 0 spiro atoms. The lowest BCUT2D eigenvalue weighted by atomic mass is 9.83. The van der Waals surface area contributed by atoms with Gasteiger partial charge in [0.1, 0.15) is 25.3 Å². The summed E-state index contributed by atoms with van der Waals surface area (Å²) in [6.45, 7) is 10.0. The van der Waals surface area contributed by atoms with E-state index in [1.54, 1.807) is 0 Å². The smallest absolute Gasteiger partial charge is 0.106 e. The third-order valence-corrected chi connectivity index (χ3v) is 8.90.